The number of hydrogen-bond donors (Lipinski definition) is 1. The van der Waals surface area contributed by atoms with Crippen molar-refractivity contribution in [2.45, 2.75) is 39.7 Å². The summed E-state index contributed by atoms with van der Waals surface area (Å²) in [6, 6.07) is 6.89. The van der Waals surface area contributed by atoms with E-state index in [4.69, 9.17) is 0 Å². The topological polar surface area (TPSA) is 15.3 Å². The second kappa shape index (κ2) is 6.24. The van der Waals surface area contributed by atoms with Gasteiger partial charge in [-0.15, -0.1) is 0 Å². The second-order valence-corrected chi connectivity index (χ2v) is 5.48. The third-order valence-corrected chi connectivity index (χ3v) is 4.14. The van der Waals surface area contributed by atoms with E-state index in [0.717, 1.165) is 19.0 Å². The molecular formula is C16H26N2. The van der Waals surface area contributed by atoms with E-state index in [0.29, 0.717) is 0 Å². The minimum Gasteiger partial charge on any atom is -0.372 e. The van der Waals surface area contributed by atoms with Crippen LogP contribution >= 0.6 is 0 Å². The molecule has 2 nitrogen and oxygen atoms in total. The fourth-order valence-corrected chi connectivity index (χ4v) is 2.67. The maximum atomic E-state index is 3.22. The molecule has 2 heteroatoms. The summed E-state index contributed by atoms with van der Waals surface area (Å²) < 4.78 is 0. The first kappa shape index (κ1) is 13.4. The number of anilines is 1. The number of hydrogen-bond acceptors (Lipinski definition) is 2. The van der Waals surface area contributed by atoms with E-state index >= 15 is 0 Å². The number of aryl methyl sites for hydroxylation is 1. The molecule has 0 radical (unpaired) electrons. The van der Waals surface area contributed by atoms with Gasteiger partial charge in [-0.2, -0.15) is 0 Å². The molecule has 1 aromatic rings. The van der Waals surface area contributed by atoms with Gasteiger partial charge in [-0.25, -0.2) is 0 Å². The lowest BCUT2D eigenvalue weighted by atomic mass is 9.85. The molecule has 1 aliphatic rings. The summed E-state index contributed by atoms with van der Waals surface area (Å²) in [5, 5.41) is 3.22. The smallest absolute Gasteiger partial charge is 0.0369 e. The zero-order chi connectivity index (χ0) is 13.0. The molecule has 1 fully saturated rings. The molecule has 100 valence electrons. The molecule has 0 spiro atoms. The normalized spacial score (nSPS) is 15.5. The molecule has 2 rings (SSSR count). The minimum absolute atomic E-state index is 0.933. The van der Waals surface area contributed by atoms with Gasteiger partial charge in [0, 0.05) is 25.3 Å². The molecule has 0 atom stereocenters. The maximum Gasteiger partial charge on any atom is 0.0369 e. The van der Waals surface area contributed by atoms with Gasteiger partial charge in [-0.3, -0.25) is 0 Å². The van der Waals surface area contributed by atoms with Gasteiger partial charge in [0.15, 0.2) is 0 Å². The molecule has 0 saturated heterocycles. The van der Waals surface area contributed by atoms with Crippen molar-refractivity contribution in [3.63, 3.8) is 0 Å². The number of benzene rings is 1. The van der Waals surface area contributed by atoms with Crippen LogP contribution in [0.15, 0.2) is 18.2 Å². The van der Waals surface area contributed by atoms with E-state index in [-0.39, 0.29) is 0 Å². The minimum atomic E-state index is 0.933. The summed E-state index contributed by atoms with van der Waals surface area (Å²) in [6.45, 7) is 7.78. The first-order valence-electron chi connectivity index (χ1n) is 7.23. The molecule has 1 saturated carbocycles. The average Bonchev–Trinajstić information content (AvgIpc) is 2.31. The molecule has 0 bridgehead atoms. The van der Waals surface area contributed by atoms with Crippen molar-refractivity contribution in [2.24, 2.45) is 5.92 Å². The van der Waals surface area contributed by atoms with Gasteiger partial charge in [-0.05, 0) is 62.9 Å². The van der Waals surface area contributed by atoms with Crippen LogP contribution in [0.25, 0.3) is 0 Å². The Hall–Kier alpha value is -1.02. The summed E-state index contributed by atoms with van der Waals surface area (Å²) in [5.74, 6) is 0.933. The maximum absolute atomic E-state index is 3.22. The van der Waals surface area contributed by atoms with Crippen LogP contribution in [0.2, 0.25) is 0 Å². The highest BCUT2D eigenvalue weighted by molar-refractivity contribution is 5.50. The molecule has 18 heavy (non-hydrogen) atoms. The van der Waals surface area contributed by atoms with E-state index < -0.39 is 0 Å². The Balaban J connectivity index is 2.07. The predicted molar refractivity (Wildman–Crippen MR) is 79.2 cm³/mol. The Labute approximate surface area is 111 Å². The molecule has 0 amide bonds. The van der Waals surface area contributed by atoms with Gasteiger partial charge in [0.2, 0.25) is 0 Å². The number of nitrogens with zero attached hydrogens (tertiary/aromatic N) is 1. The van der Waals surface area contributed by atoms with Gasteiger partial charge >= 0.3 is 0 Å². The Morgan fingerprint density at radius 2 is 2.11 bits per heavy atom. The van der Waals surface area contributed by atoms with E-state index in [9.17, 15) is 0 Å². The average molecular weight is 246 g/mol. The van der Waals surface area contributed by atoms with E-state index in [1.807, 2.05) is 7.05 Å². The highest BCUT2D eigenvalue weighted by Gasteiger charge is 2.20. The quantitative estimate of drug-likeness (QED) is 0.828. The third-order valence-electron chi connectivity index (χ3n) is 4.14. The van der Waals surface area contributed by atoms with Gasteiger partial charge < -0.3 is 10.2 Å². The first-order valence-corrected chi connectivity index (χ1v) is 7.23. The molecule has 0 aromatic heterocycles. The van der Waals surface area contributed by atoms with Crippen LogP contribution in [0.3, 0.4) is 0 Å². The van der Waals surface area contributed by atoms with Crippen LogP contribution in [-0.4, -0.2) is 20.1 Å². The lowest BCUT2D eigenvalue weighted by Crippen LogP contribution is -2.32. The van der Waals surface area contributed by atoms with E-state index in [2.05, 4.69) is 42.3 Å². The predicted octanol–water partition coefficient (Wildman–Crippen LogP) is 3.34. The van der Waals surface area contributed by atoms with Crippen LogP contribution < -0.4 is 10.2 Å². The highest BCUT2D eigenvalue weighted by Crippen LogP contribution is 2.29. The first-order chi connectivity index (χ1) is 8.74. The number of rotatable bonds is 6. The molecule has 1 aromatic carbocycles. The van der Waals surface area contributed by atoms with Crippen LogP contribution in [0.5, 0.6) is 0 Å². The molecule has 0 unspecified atom stereocenters. The van der Waals surface area contributed by atoms with Crippen LogP contribution in [-0.2, 0) is 6.54 Å². The van der Waals surface area contributed by atoms with Crippen molar-refractivity contribution >= 4 is 5.69 Å². The molecule has 0 heterocycles. The lowest BCUT2D eigenvalue weighted by molar-refractivity contribution is 0.318. The molecule has 1 N–H and O–H groups in total. The van der Waals surface area contributed by atoms with Gasteiger partial charge in [0.05, 0.1) is 0 Å². The summed E-state index contributed by atoms with van der Waals surface area (Å²) in [5.41, 5.74) is 4.19. The summed E-state index contributed by atoms with van der Waals surface area (Å²) >= 11 is 0. The zero-order valence-electron chi connectivity index (χ0n) is 12.0. The van der Waals surface area contributed by atoms with Crippen molar-refractivity contribution < 1.29 is 0 Å². The number of nitrogens with one attached hydrogen (secondary N) is 1. The van der Waals surface area contributed by atoms with Crippen molar-refractivity contribution in [3.05, 3.63) is 29.3 Å². The summed E-state index contributed by atoms with van der Waals surface area (Å²) in [4.78, 5) is 2.53. The standard InChI is InChI=1S/C16H26N2/c1-4-18(12-14-6-5-7-14)16-9-8-15(11-17-3)13(2)10-16/h8-10,14,17H,4-7,11-12H2,1-3H3. The van der Waals surface area contributed by atoms with Gasteiger partial charge in [-0.1, -0.05) is 12.5 Å². The van der Waals surface area contributed by atoms with Crippen LogP contribution in [0.4, 0.5) is 5.69 Å². The largest absolute Gasteiger partial charge is 0.372 e. The Morgan fingerprint density at radius 1 is 1.33 bits per heavy atom. The second-order valence-electron chi connectivity index (χ2n) is 5.48. The highest BCUT2D eigenvalue weighted by atomic mass is 15.1. The monoisotopic (exact) mass is 246 g/mol. The molecule has 1 aliphatic carbocycles. The van der Waals surface area contributed by atoms with E-state index in [1.54, 1.807) is 0 Å². The van der Waals surface area contributed by atoms with Crippen molar-refractivity contribution in [1.82, 2.24) is 5.32 Å². The fraction of sp³-hybridized carbons (Fsp3) is 0.625. The summed E-state index contributed by atoms with van der Waals surface area (Å²) in [6.07, 6.45) is 4.28. The van der Waals surface area contributed by atoms with E-state index in [1.165, 1.54) is 42.6 Å². The zero-order valence-corrected chi connectivity index (χ0v) is 12.0. The Bertz CT molecular complexity index is 383. The van der Waals surface area contributed by atoms with Crippen LogP contribution in [0.1, 0.15) is 37.3 Å². The third kappa shape index (κ3) is 3.05. The van der Waals surface area contributed by atoms with Crippen LogP contribution in [0, 0.1) is 12.8 Å². The molecular weight excluding hydrogens is 220 g/mol. The fourth-order valence-electron chi connectivity index (χ4n) is 2.67. The van der Waals surface area contributed by atoms with Crippen molar-refractivity contribution in [3.8, 4) is 0 Å². The van der Waals surface area contributed by atoms with Crippen molar-refractivity contribution in [2.75, 3.05) is 25.0 Å². The van der Waals surface area contributed by atoms with Gasteiger partial charge in [0.1, 0.15) is 0 Å². The lowest BCUT2D eigenvalue weighted by Gasteiger charge is -2.33. The molecule has 0 aliphatic heterocycles. The Kier molecular flexibility index (Phi) is 4.65. The van der Waals surface area contributed by atoms with Gasteiger partial charge in [0.25, 0.3) is 0 Å². The Morgan fingerprint density at radius 3 is 2.61 bits per heavy atom. The SMILES string of the molecule is CCN(CC1CCC1)c1ccc(CNC)c(C)c1. The van der Waals surface area contributed by atoms with Crippen molar-refractivity contribution in [1.29, 1.82) is 0 Å². The summed E-state index contributed by atoms with van der Waals surface area (Å²) in [7, 11) is 2.00.